The first-order valence-corrected chi connectivity index (χ1v) is 14.4. The molecule has 10 nitrogen and oxygen atoms in total. The van der Waals surface area contributed by atoms with Crippen LogP contribution in [0.1, 0.15) is 97.8 Å². The van der Waals surface area contributed by atoms with Crippen LogP contribution < -0.4 is 10.6 Å². The van der Waals surface area contributed by atoms with Gasteiger partial charge in [0.15, 0.2) is 0 Å². The molecule has 2 aliphatic carbocycles. The maximum absolute atomic E-state index is 13.5. The van der Waals surface area contributed by atoms with Gasteiger partial charge in [-0.25, -0.2) is 0 Å². The van der Waals surface area contributed by atoms with Crippen molar-refractivity contribution in [1.29, 1.82) is 0 Å². The molecule has 2 heterocycles. The fourth-order valence-electron chi connectivity index (χ4n) is 6.01. The van der Waals surface area contributed by atoms with Crippen LogP contribution in [-0.2, 0) is 14.3 Å². The molecule has 3 fully saturated rings. The van der Waals surface area contributed by atoms with Crippen molar-refractivity contribution in [1.82, 2.24) is 15.5 Å². The second-order valence-electron chi connectivity index (χ2n) is 10.9. The summed E-state index contributed by atoms with van der Waals surface area (Å²) in [5, 5.41) is 15.2. The Kier molecular flexibility index (Phi) is 8.91. The molecule has 210 valence electrons. The first-order chi connectivity index (χ1) is 19.0. The third-order valence-electron chi connectivity index (χ3n) is 8.16. The number of imide groups is 1. The summed E-state index contributed by atoms with van der Waals surface area (Å²) >= 11 is 0. The molecule has 1 atom stereocenters. The minimum absolute atomic E-state index is 0.0410. The van der Waals surface area contributed by atoms with Gasteiger partial charge >= 0.3 is 0 Å². The predicted molar refractivity (Wildman–Crippen MR) is 144 cm³/mol. The lowest BCUT2D eigenvalue weighted by Gasteiger charge is -2.26. The Labute approximate surface area is 229 Å². The van der Waals surface area contributed by atoms with Crippen LogP contribution >= 0.6 is 0 Å². The van der Waals surface area contributed by atoms with E-state index in [-0.39, 0.29) is 59.4 Å². The molecular formula is C29H39N5O5. The van der Waals surface area contributed by atoms with E-state index >= 15 is 0 Å². The molecule has 0 bridgehead atoms. The first-order valence-electron chi connectivity index (χ1n) is 14.4. The molecule has 10 heteroatoms. The van der Waals surface area contributed by atoms with Gasteiger partial charge < -0.3 is 20.1 Å². The Bertz CT molecular complexity index is 1130. The number of ether oxygens (including phenoxy) is 2. The molecule has 2 saturated carbocycles. The molecule has 0 spiro atoms. The van der Waals surface area contributed by atoms with Gasteiger partial charge in [0.05, 0.1) is 36.6 Å². The normalized spacial score (nSPS) is 23.2. The topological polar surface area (TPSA) is 122 Å². The lowest BCUT2D eigenvalue weighted by molar-refractivity contribution is -0.118. The van der Waals surface area contributed by atoms with Gasteiger partial charge in [0.1, 0.15) is 0 Å². The summed E-state index contributed by atoms with van der Waals surface area (Å²) in [5.74, 6) is -0.857. The van der Waals surface area contributed by atoms with Crippen molar-refractivity contribution in [3.8, 4) is 0 Å². The maximum Gasteiger partial charge on any atom is 0.277 e. The number of carbonyl (C=O) groups is 3. The minimum Gasteiger partial charge on any atom is -0.481 e. The Morgan fingerprint density at radius 1 is 0.949 bits per heavy atom. The average molecular weight is 538 g/mol. The number of rotatable bonds is 9. The Morgan fingerprint density at radius 3 is 2.28 bits per heavy atom. The summed E-state index contributed by atoms with van der Waals surface area (Å²) in [4.78, 5) is 41.1. The maximum atomic E-state index is 13.5. The smallest absolute Gasteiger partial charge is 0.277 e. The molecule has 4 aliphatic rings. The number of amides is 3. The fraction of sp³-hybridized carbons (Fsp3) is 0.621. The number of fused-ring (bicyclic) bond motifs is 1. The SMILES string of the molecule is CO/C(NC1CCCCC1)=C(\N=Nc1cccc2c1C(=O)N(CC1CCCO1)C2=O)C(=O)NC1CCCCC1. The molecule has 1 aromatic rings. The highest BCUT2D eigenvalue weighted by Gasteiger charge is 2.39. The third kappa shape index (κ3) is 6.32. The molecule has 2 N–H and O–H groups in total. The number of nitrogens with one attached hydrogen (secondary N) is 2. The van der Waals surface area contributed by atoms with E-state index in [4.69, 9.17) is 9.47 Å². The lowest BCUT2D eigenvalue weighted by Crippen LogP contribution is -2.39. The zero-order chi connectivity index (χ0) is 27.2. The molecule has 3 amide bonds. The van der Waals surface area contributed by atoms with Crippen molar-refractivity contribution < 1.29 is 23.9 Å². The molecule has 39 heavy (non-hydrogen) atoms. The first kappa shape index (κ1) is 27.3. The number of nitrogens with zero attached hydrogens (tertiary/aromatic N) is 3. The third-order valence-corrected chi connectivity index (χ3v) is 8.16. The van der Waals surface area contributed by atoms with Crippen LogP contribution in [0.2, 0.25) is 0 Å². The van der Waals surface area contributed by atoms with Crippen LogP contribution in [0.25, 0.3) is 0 Å². The van der Waals surface area contributed by atoms with Crippen LogP contribution in [-0.4, -0.2) is 61.1 Å². The standard InChI is InChI=1S/C29H39N5O5/c1-38-27(31-20-12-6-3-7-13-20)25(26(35)30-19-10-4-2-5-11-19)33-32-23-16-8-15-22-24(23)29(37)34(28(22)36)18-21-14-9-17-39-21/h8,15-16,19-21,31H,2-7,9-14,17-18H2,1H3,(H,30,35)/b27-25-,33-32?. The second kappa shape index (κ2) is 12.7. The van der Waals surface area contributed by atoms with Crippen LogP contribution in [0.4, 0.5) is 5.69 Å². The lowest BCUT2D eigenvalue weighted by atomic mass is 9.95. The van der Waals surface area contributed by atoms with E-state index in [1.807, 2.05) is 0 Å². The summed E-state index contributed by atoms with van der Waals surface area (Å²) in [5.41, 5.74) is 0.783. The number of hydrogen-bond donors (Lipinski definition) is 2. The van der Waals surface area contributed by atoms with Crippen molar-refractivity contribution in [2.24, 2.45) is 10.2 Å². The van der Waals surface area contributed by atoms with Crippen molar-refractivity contribution in [2.45, 2.75) is 95.2 Å². The van der Waals surface area contributed by atoms with E-state index in [1.165, 1.54) is 24.9 Å². The van der Waals surface area contributed by atoms with E-state index in [2.05, 4.69) is 20.9 Å². The molecular weight excluding hydrogens is 498 g/mol. The predicted octanol–water partition coefficient (Wildman–Crippen LogP) is 4.73. The number of methoxy groups -OCH3 is 1. The van der Waals surface area contributed by atoms with Gasteiger partial charge in [-0.05, 0) is 50.7 Å². The summed E-state index contributed by atoms with van der Waals surface area (Å²) in [7, 11) is 1.51. The van der Waals surface area contributed by atoms with E-state index in [0.29, 0.717) is 12.2 Å². The molecule has 1 saturated heterocycles. The van der Waals surface area contributed by atoms with Gasteiger partial charge in [0.25, 0.3) is 17.7 Å². The van der Waals surface area contributed by atoms with E-state index in [1.54, 1.807) is 18.2 Å². The van der Waals surface area contributed by atoms with Gasteiger partial charge in [0, 0.05) is 18.7 Å². The quantitative estimate of drug-likeness (QED) is 0.203. The highest BCUT2D eigenvalue weighted by atomic mass is 16.5. The monoisotopic (exact) mass is 537 g/mol. The highest BCUT2D eigenvalue weighted by Crippen LogP contribution is 2.33. The Balaban J connectivity index is 1.42. The zero-order valence-corrected chi connectivity index (χ0v) is 22.7. The van der Waals surface area contributed by atoms with Gasteiger partial charge in [0.2, 0.25) is 11.6 Å². The summed E-state index contributed by atoms with van der Waals surface area (Å²) in [6.07, 6.45) is 12.2. The fourth-order valence-corrected chi connectivity index (χ4v) is 6.01. The number of carbonyl (C=O) groups excluding carboxylic acids is 3. The molecule has 1 unspecified atom stereocenters. The Morgan fingerprint density at radius 2 is 1.64 bits per heavy atom. The number of benzene rings is 1. The average Bonchev–Trinajstić information content (AvgIpc) is 3.56. The summed E-state index contributed by atoms with van der Waals surface area (Å²) < 4.78 is 11.3. The van der Waals surface area contributed by atoms with Gasteiger partial charge in [-0.15, -0.1) is 10.2 Å². The van der Waals surface area contributed by atoms with E-state index < -0.39 is 5.91 Å². The summed E-state index contributed by atoms with van der Waals surface area (Å²) in [6.45, 7) is 0.860. The number of hydrogen-bond acceptors (Lipinski definition) is 8. The van der Waals surface area contributed by atoms with Crippen molar-refractivity contribution in [2.75, 3.05) is 20.3 Å². The highest BCUT2D eigenvalue weighted by molar-refractivity contribution is 6.23. The van der Waals surface area contributed by atoms with Crippen molar-refractivity contribution in [3.63, 3.8) is 0 Å². The second-order valence-corrected chi connectivity index (χ2v) is 10.9. The Hall–Kier alpha value is -3.27. The van der Waals surface area contributed by atoms with Crippen LogP contribution in [0, 0.1) is 0 Å². The summed E-state index contributed by atoms with van der Waals surface area (Å²) in [6, 6.07) is 5.21. The number of azo groups is 1. The van der Waals surface area contributed by atoms with E-state index in [9.17, 15) is 14.4 Å². The molecule has 1 aromatic carbocycles. The molecule has 2 aliphatic heterocycles. The van der Waals surface area contributed by atoms with Gasteiger partial charge in [-0.2, -0.15) is 0 Å². The van der Waals surface area contributed by atoms with E-state index in [0.717, 1.165) is 64.2 Å². The minimum atomic E-state index is -0.412. The van der Waals surface area contributed by atoms with Crippen molar-refractivity contribution in [3.05, 3.63) is 40.9 Å². The van der Waals surface area contributed by atoms with Gasteiger partial charge in [-0.1, -0.05) is 44.6 Å². The van der Waals surface area contributed by atoms with Crippen LogP contribution in [0.3, 0.4) is 0 Å². The van der Waals surface area contributed by atoms with Crippen LogP contribution in [0.15, 0.2) is 40.0 Å². The molecule has 5 rings (SSSR count). The molecule has 0 aromatic heterocycles. The van der Waals surface area contributed by atoms with Crippen LogP contribution in [0.5, 0.6) is 0 Å². The van der Waals surface area contributed by atoms with Crippen molar-refractivity contribution >= 4 is 23.4 Å². The van der Waals surface area contributed by atoms with Gasteiger partial charge in [-0.3, -0.25) is 19.3 Å². The molecule has 0 radical (unpaired) electrons. The largest absolute Gasteiger partial charge is 0.481 e. The zero-order valence-electron chi connectivity index (χ0n) is 22.7.